The predicted molar refractivity (Wildman–Crippen MR) is 123 cm³/mol. The Kier molecular flexibility index (Phi) is 10.3. The molecule has 0 radical (unpaired) electrons. The zero-order chi connectivity index (χ0) is 21.8. The summed E-state index contributed by atoms with van der Waals surface area (Å²) in [6.45, 7) is 5.03. The van der Waals surface area contributed by atoms with Crippen LogP contribution in [0.4, 0.5) is 0 Å². The Bertz CT molecular complexity index is 798. The average molecular weight is 429 g/mol. The lowest BCUT2D eigenvalue weighted by Crippen LogP contribution is -2.49. The smallest absolute Gasteiger partial charge is 0.242 e. The minimum atomic E-state index is -0.503. The van der Waals surface area contributed by atoms with Crippen molar-refractivity contribution >= 4 is 23.6 Å². The third-order valence-corrected chi connectivity index (χ3v) is 5.80. The van der Waals surface area contributed by atoms with Gasteiger partial charge in [0.05, 0.1) is 12.9 Å². The van der Waals surface area contributed by atoms with Gasteiger partial charge >= 0.3 is 0 Å². The van der Waals surface area contributed by atoms with Gasteiger partial charge in [-0.25, -0.2) is 0 Å². The van der Waals surface area contributed by atoms with Crippen molar-refractivity contribution in [3.8, 4) is 5.75 Å². The molecular formula is C24H32N2O3S. The van der Waals surface area contributed by atoms with E-state index in [2.05, 4.69) is 12.2 Å². The van der Waals surface area contributed by atoms with Crippen molar-refractivity contribution in [2.24, 2.45) is 0 Å². The van der Waals surface area contributed by atoms with Crippen molar-refractivity contribution in [1.29, 1.82) is 0 Å². The van der Waals surface area contributed by atoms with Crippen LogP contribution < -0.4 is 10.1 Å². The van der Waals surface area contributed by atoms with E-state index in [0.29, 0.717) is 19.5 Å². The van der Waals surface area contributed by atoms with Crippen LogP contribution in [0, 0.1) is 0 Å². The number of ether oxygens (including phenoxy) is 1. The van der Waals surface area contributed by atoms with E-state index in [1.807, 2.05) is 61.5 Å². The number of carbonyl (C=O) groups excluding carboxylic acids is 2. The van der Waals surface area contributed by atoms with Gasteiger partial charge in [0.15, 0.2) is 0 Å². The molecule has 2 amide bonds. The van der Waals surface area contributed by atoms with E-state index in [4.69, 9.17) is 4.74 Å². The highest BCUT2D eigenvalue weighted by atomic mass is 32.2. The quantitative estimate of drug-likeness (QED) is 0.399. The van der Waals surface area contributed by atoms with Crippen LogP contribution in [0.25, 0.3) is 0 Å². The topological polar surface area (TPSA) is 58.6 Å². The molecule has 0 bridgehead atoms. The molecule has 2 aromatic rings. The Labute approximate surface area is 184 Å². The summed E-state index contributed by atoms with van der Waals surface area (Å²) >= 11 is 1.49. The van der Waals surface area contributed by atoms with Crippen LogP contribution >= 0.6 is 11.8 Å². The number of methoxy groups -OCH3 is 1. The zero-order valence-electron chi connectivity index (χ0n) is 18.1. The number of hydrogen-bond donors (Lipinski definition) is 1. The lowest BCUT2D eigenvalue weighted by atomic mass is 10.1. The van der Waals surface area contributed by atoms with Gasteiger partial charge in [0, 0.05) is 18.0 Å². The highest BCUT2D eigenvalue weighted by Gasteiger charge is 2.28. The van der Waals surface area contributed by atoms with Crippen molar-refractivity contribution in [1.82, 2.24) is 10.2 Å². The summed E-state index contributed by atoms with van der Waals surface area (Å²) in [5, 5.41) is 2.99. The molecule has 0 heterocycles. The van der Waals surface area contributed by atoms with Crippen LogP contribution in [-0.4, -0.2) is 42.2 Å². The highest BCUT2D eigenvalue weighted by molar-refractivity contribution is 8.00. The Hall–Kier alpha value is -2.47. The number of benzene rings is 2. The standard InChI is InChI=1S/C24H32N2O3S/c1-4-6-15-25-24(28)22(5-2)26(17-19-11-10-12-20(16-19)29-3)23(27)18-30-21-13-8-7-9-14-21/h7-14,16,22H,4-6,15,17-18H2,1-3H3,(H,25,28)/t22-/m1/s1. The molecule has 1 N–H and O–H groups in total. The van der Waals surface area contributed by atoms with Gasteiger partial charge in [-0.15, -0.1) is 11.8 Å². The molecule has 1 atom stereocenters. The fourth-order valence-electron chi connectivity index (χ4n) is 3.14. The molecule has 6 heteroatoms. The molecule has 0 fully saturated rings. The second-order valence-corrected chi connectivity index (χ2v) is 8.09. The van der Waals surface area contributed by atoms with Gasteiger partial charge in [-0.3, -0.25) is 9.59 Å². The summed E-state index contributed by atoms with van der Waals surface area (Å²) < 4.78 is 5.32. The van der Waals surface area contributed by atoms with Crippen molar-refractivity contribution in [2.45, 2.75) is 50.6 Å². The first-order chi connectivity index (χ1) is 14.6. The summed E-state index contributed by atoms with van der Waals surface area (Å²) in [6.07, 6.45) is 2.50. The van der Waals surface area contributed by atoms with E-state index >= 15 is 0 Å². The number of hydrogen-bond acceptors (Lipinski definition) is 4. The Morgan fingerprint density at radius 3 is 2.53 bits per heavy atom. The second kappa shape index (κ2) is 13.0. The molecule has 0 spiro atoms. The van der Waals surface area contributed by atoms with Gasteiger partial charge in [-0.05, 0) is 42.7 Å². The van der Waals surface area contributed by atoms with Crippen LogP contribution in [0.2, 0.25) is 0 Å². The SMILES string of the molecule is CCCCNC(=O)[C@@H](CC)N(Cc1cccc(OC)c1)C(=O)CSc1ccccc1. The van der Waals surface area contributed by atoms with Gasteiger partial charge in [0.1, 0.15) is 11.8 Å². The second-order valence-electron chi connectivity index (χ2n) is 7.04. The summed E-state index contributed by atoms with van der Waals surface area (Å²) in [6, 6.07) is 17.0. The zero-order valence-corrected chi connectivity index (χ0v) is 18.9. The van der Waals surface area contributed by atoms with Crippen LogP contribution in [-0.2, 0) is 16.1 Å². The van der Waals surface area contributed by atoms with Gasteiger partial charge in [-0.1, -0.05) is 50.6 Å². The van der Waals surface area contributed by atoms with Gasteiger partial charge in [-0.2, -0.15) is 0 Å². The van der Waals surface area contributed by atoms with Crippen LogP contribution in [0.3, 0.4) is 0 Å². The fourth-order valence-corrected chi connectivity index (χ4v) is 3.94. The first kappa shape index (κ1) is 23.8. The monoisotopic (exact) mass is 428 g/mol. The molecule has 2 rings (SSSR count). The normalized spacial score (nSPS) is 11.6. The number of unbranched alkanes of at least 4 members (excludes halogenated alkanes) is 1. The van der Waals surface area contributed by atoms with E-state index in [0.717, 1.165) is 29.1 Å². The van der Waals surface area contributed by atoms with Crippen LogP contribution in [0.15, 0.2) is 59.5 Å². The Balaban J connectivity index is 2.18. The first-order valence-electron chi connectivity index (χ1n) is 10.5. The molecule has 30 heavy (non-hydrogen) atoms. The number of carbonyl (C=O) groups is 2. The van der Waals surface area contributed by atoms with Crippen molar-refractivity contribution in [3.05, 3.63) is 60.2 Å². The minimum absolute atomic E-state index is 0.0517. The minimum Gasteiger partial charge on any atom is -0.497 e. The molecule has 0 saturated carbocycles. The first-order valence-corrected chi connectivity index (χ1v) is 11.5. The van der Waals surface area contributed by atoms with E-state index < -0.39 is 6.04 Å². The Morgan fingerprint density at radius 1 is 1.10 bits per heavy atom. The van der Waals surface area contributed by atoms with E-state index in [9.17, 15) is 9.59 Å². The molecule has 162 valence electrons. The van der Waals surface area contributed by atoms with E-state index in [-0.39, 0.29) is 17.6 Å². The number of thioether (sulfide) groups is 1. The van der Waals surface area contributed by atoms with Gasteiger partial charge < -0.3 is 15.0 Å². The van der Waals surface area contributed by atoms with Gasteiger partial charge in [0.25, 0.3) is 0 Å². The number of rotatable bonds is 12. The molecule has 0 unspecified atom stereocenters. The van der Waals surface area contributed by atoms with Crippen LogP contribution in [0.1, 0.15) is 38.7 Å². The maximum absolute atomic E-state index is 13.2. The molecule has 5 nitrogen and oxygen atoms in total. The summed E-state index contributed by atoms with van der Waals surface area (Å²) in [4.78, 5) is 28.8. The lowest BCUT2D eigenvalue weighted by molar-refractivity contribution is -0.139. The number of nitrogens with one attached hydrogen (secondary N) is 1. The average Bonchev–Trinajstić information content (AvgIpc) is 2.78. The number of amides is 2. The Morgan fingerprint density at radius 2 is 1.87 bits per heavy atom. The molecule has 0 aliphatic heterocycles. The molecule has 0 aliphatic rings. The maximum atomic E-state index is 13.2. The van der Waals surface area contributed by atoms with Gasteiger partial charge in [0.2, 0.25) is 11.8 Å². The van der Waals surface area contributed by atoms with E-state index in [1.54, 1.807) is 12.0 Å². The molecule has 0 saturated heterocycles. The molecule has 0 aliphatic carbocycles. The maximum Gasteiger partial charge on any atom is 0.242 e. The third kappa shape index (κ3) is 7.41. The van der Waals surface area contributed by atoms with E-state index in [1.165, 1.54) is 11.8 Å². The molecule has 2 aromatic carbocycles. The summed E-state index contributed by atoms with van der Waals surface area (Å²) in [5.41, 5.74) is 0.937. The highest BCUT2D eigenvalue weighted by Crippen LogP contribution is 2.21. The predicted octanol–water partition coefficient (Wildman–Crippen LogP) is 4.51. The van der Waals surface area contributed by atoms with Crippen molar-refractivity contribution < 1.29 is 14.3 Å². The largest absolute Gasteiger partial charge is 0.497 e. The molecular weight excluding hydrogens is 396 g/mol. The van der Waals surface area contributed by atoms with Crippen LogP contribution in [0.5, 0.6) is 5.75 Å². The third-order valence-electron chi connectivity index (χ3n) is 4.81. The lowest BCUT2D eigenvalue weighted by Gasteiger charge is -2.30. The molecule has 0 aromatic heterocycles. The van der Waals surface area contributed by atoms with Crippen molar-refractivity contribution in [3.63, 3.8) is 0 Å². The summed E-state index contributed by atoms with van der Waals surface area (Å²) in [5.74, 6) is 0.877. The fraction of sp³-hybridized carbons (Fsp3) is 0.417. The summed E-state index contributed by atoms with van der Waals surface area (Å²) in [7, 11) is 1.62. The van der Waals surface area contributed by atoms with Crippen molar-refractivity contribution in [2.75, 3.05) is 19.4 Å². The number of nitrogens with zero attached hydrogens (tertiary/aromatic N) is 1.